The normalized spacial score (nSPS) is 15.6. The number of aromatic nitrogens is 1. The zero-order valence-electron chi connectivity index (χ0n) is 43.7. The molecule has 0 radical (unpaired) electrons. The highest BCUT2D eigenvalue weighted by molar-refractivity contribution is 6.08. The van der Waals surface area contributed by atoms with Gasteiger partial charge in [-0.05, 0) is 145 Å². The molecule has 4 aromatic rings. The summed E-state index contributed by atoms with van der Waals surface area (Å²) in [6.45, 7) is 11.6. The molecule has 7 rings (SSSR count). The molecule has 16 heteroatoms. The molecule has 16 nitrogen and oxygen atoms in total. The van der Waals surface area contributed by atoms with Crippen molar-refractivity contribution in [2.75, 3.05) is 103 Å². The molecule has 4 amide bonds. The monoisotopic (exact) mass is 1000 g/mol. The first kappa shape index (κ1) is 56.1. The van der Waals surface area contributed by atoms with Crippen molar-refractivity contribution >= 4 is 41.0 Å². The number of hydrogen-bond donors (Lipinski definition) is 2. The molecule has 3 N–H and O–H groups in total. The summed E-state index contributed by atoms with van der Waals surface area (Å²) in [4.78, 5) is 76.8. The molecule has 3 aromatic carbocycles. The van der Waals surface area contributed by atoms with Gasteiger partial charge in [0.15, 0.2) is 0 Å². The molecular formula is C57H77N7O9. The van der Waals surface area contributed by atoms with Crippen LogP contribution in [0.4, 0.5) is 11.4 Å². The maximum Gasteiger partial charge on any atom is 0.308 e. The van der Waals surface area contributed by atoms with Gasteiger partial charge in [0.1, 0.15) is 5.60 Å². The number of nitrogens with two attached hydrogens (primary N) is 1. The molecule has 1 aromatic heterocycles. The third-order valence-corrected chi connectivity index (χ3v) is 13.2. The highest BCUT2D eigenvalue weighted by atomic mass is 16.6. The molecule has 2 fully saturated rings. The Kier molecular flexibility index (Phi) is 21.8. The summed E-state index contributed by atoms with van der Waals surface area (Å²) >= 11 is 0. The second-order valence-electron chi connectivity index (χ2n) is 19.9. The number of rotatable bonds is 22. The Hall–Kier alpha value is -6.20. The molecule has 0 bridgehead atoms. The molecule has 1 unspecified atom stereocenters. The number of nitrogens with zero attached hydrogens (tertiary/aromatic N) is 5. The molecule has 0 spiro atoms. The highest BCUT2D eigenvalue weighted by Crippen LogP contribution is 2.33. The van der Waals surface area contributed by atoms with E-state index in [-0.39, 0.29) is 36.9 Å². The molecule has 0 saturated carbocycles. The number of esters is 1. The number of fused-ring (bicyclic) bond motifs is 1. The SMILES string of the molecule is CN(CCN1CCCC1C(=O)N(C)CCOCCOCCOCCC(=O)OC(C)(C)C)C(=O)c1cccc(C(=O)Nc2ccc(N3CCCCC3)cc2-c2cc(C(N)=O)ccn2)c1.c1ccc2c(c1)CCCC2. The first-order valence-electron chi connectivity index (χ1n) is 26.0. The summed E-state index contributed by atoms with van der Waals surface area (Å²) in [6.07, 6.45) is 12.1. The number of carbonyl (C=O) groups excluding carboxylic acids is 5. The number of likely N-dealkylation sites (tertiary alicyclic amines) is 1. The van der Waals surface area contributed by atoms with Gasteiger partial charge in [-0.2, -0.15) is 0 Å². The van der Waals surface area contributed by atoms with Gasteiger partial charge in [0.25, 0.3) is 11.8 Å². The Labute approximate surface area is 431 Å². The number of likely N-dealkylation sites (N-methyl/N-ethyl adjacent to an activating group) is 2. The van der Waals surface area contributed by atoms with Gasteiger partial charge in [-0.15, -0.1) is 0 Å². The van der Waals surface area contributed by atoms with Crippen LogP contribution in [0.5, 0.6) is 0 Å². The first-order chi connectivity index (χ1) is 35.2. The van der Waals surface area contributed by atoms with Crippen LogP contribution in [0.15, 0.2) is 85.1 Å². The van der Waals surface area contributed by atoms with Crippen molar-refractivity contribution in [2.24, 2.45) is 5.73 Å². The van der Waals surface area contributed by atoms with Gasteiger partial charge in [0.2, 0.25) is 11.8 Å². The average molecular weight is 1000 g/mol. The Morgan fingerprint density at radius 3 is 2.05 bits per heavy atom. The lowest BCUT2D eigenvalue weighted by atomic mass is 9.92. The minimum Gasteiger partial charge on any atom is -0.460 e. The Morgan fingerprint density at radius 2 is 1.37 bits per heavy atom. The number of carbonyl (C=O) groups is 5. The highest BCUT2D eigenvalue weighted by Gasteiger charge is 2.33. The zero-order chi connectivity index (χ0) is 52.2. The van der Waals surface area contributed by atoms with Gasteiger partial charge in [0, 0.05) is 81.0 Å². The molecule has 3 aliphatic rings. The number of primary amides is 1. The summed E-state index contributed by atoms with van der Waals surface area (Å²) < 4.78 is 21.9. The largest absolute Gasteiger partial charge is 0.460 e. The van der Waals surface area contributed by atoms with Crippen LogP contribution in [0, 0.1) is 0 Å². The van der Waals surface area contributed by atoms with Crippen molar-refractivity contribution in [2.45, 2.75) is 96.6 Å². The molecule has 3 heterocycles. The number of pyridine rings is 1. The number of aryl methyl sites for hydroxylation is 2. The van der Waals surface area contributed by atoms with Gasteiger partial charge in [0.05, 0.1) is 63.5 Å². The molecule has 394 valence electrons. The number of piperidine rings is 1. The zero-order valence-corrected chi connectivity index (χ0v) is 43.7. The summed E-state index contributed by atoms with van der Waals surface area (Å²) in [6, 6.07) is 24.1. The number of nitrogens with one attached hydrogen (secondary N) is 1. The van der Waals surface area contributed by atoms with Crippen LogP contribution in [-0.2, 0) is 41.4 Å². The van der Waals surface area contributed by atoms with Gasteiger partial charge in [-0.3, -0.25) is 33.9 Å². The second kappa shape index (κ2) is 28.3. The van der Waals surface area contributed by atoms with E-state index in [0.29, 0.717) is 86.3 Å². The van der Waals surface area contributed by atoms with Crippen molar-refractivity contribution < 1.29 is 42.9 Å². The predicted molar refractivity (Wildman–Crippen MR) is 284 cm³/mol. The van der Waals surface area contributed by atoms with Crippen LogP contribution in [0.1, 0.15) is 114 Å². The maximum absolute atomic E-state index is 13.8. The van der Waals surface area contributed by atoms with E-state index in [1.807, 2.05) is 39.0 Å². The van der Waals surface area contributed by atoms with E-state index in [2.05, 4.69) is 44.4 Å². The number of amides is 4. The summed E-state index contributed by atoms with van der Waals surface area (Å²) in [5.74, 6) is -1.49. The Morgan fingerprint density at radius 1 is 0.699 bits per heavy atom. The number of ether oxygens (including phenoxy) is 4. The van der Waals surface area contributed by atoms with E-state index in [0.717, 1.165) is 51.0 Å². The molecule has 2 aliphatic heterocycles. The first-order valence-corrected chi connectivity index (χ1v) is 26.0. The number of anilines is 2. The van der Waals surface area contributed by atoms with Crippen molar-refractivity contribution in [1.29, 1.82) is 0 Å². The van der Waals surface area contributed by atoms with Crippen LogP contribution < -0.4 is 16.0 Å². The molecule has 2 saturated heterocycles. The van der Waals surface area contributed by atoms with Crippen LogP contribution in [0.3, 0.4) is 0 Å². The fourth-order valence-corrected chi connectivity index (χ4v) is 9.23. The standard InChI is InChI=1S/C47H65N7O9.C10H12/c1-47(2,3)63-42(55)17-25-60-27-29-62-30-28-61-26-24-52(5)46(59)41-13-10-21-54(41)23-22-51(4)45(58)36-12-9-11-35(31-36)44(57)50-39-15-14-37(53-19-7-6-8-20-53)33-38(39)40-32-34(43(48)56)16-18-49-40;1-2-6-10-8-4-3-7-9(10)5-1/h9,11-12,14-16,18,31-33,41H,6-8,10,13,17,19-30H2,1-5H3,(H2,48,56)(H,50,57);1-2,5-6H,3-4,7-8H2. The van der Waals surface area contributed by atoms with Crippen molar-refractivity contribution in [1.82, 2.24) is 19.7 Å². The molecule has 1 atom stereocenters. The Balaban J connectivity index is 0.000000766. The van der Waals surface area contributed by atoms with Gasteiger partial charge < -0.3 is 44.7 Å². The predicted octanol–water partition coefficient (Wildman–Crippen LogP) is 7.43. The van der Waals surface area contributed by atoms with E-state index >= 15 is 0 Å². The van der Waals surface area contributed by atoms with Gasteiger partial charge >= 0.3 is 5.97 Å². The summed E-state index contributed by atoms with van der Waals surface area (Å²) in [5, 5.41) is 3.02. The van der Waals surface area contributed by atoms with Crippen molar-refractivity contribution in [3.05, 3.63) is 113 Å². The fourth-order valence-electron chi connectivity index (χ4n) is 9.23. The fraction of sp³-hybridized carbons (Fsp3) is 0.509. The van der Waals surface area contributed by atoms with E-state index in [9.17, 15) is 24.0 Å². The second-order valence-corrected chi connectivity index (χ2v) is 19.9. The number of benzene rings is 3. The maximum atomic E-state index is 13.8. The van der Waals surface area contributed by atoms with Crippen LogP contribution in [-0.4, -0.2) is 154 Å². The van der Waals surface area contributed by atoms with Crippen molar-refractivity contribution in [3.8, 4) is 11.3 Å². The van der Waals surface area contributed by atoms with Gasteiger partial charge in [-0.1, -0.05) is 30.3 Å². The van der Waals surface area contributed by atoms with E-state index in [1.54, 1.807) is 71.4 Å². The molecule has 73 heavy (non-hydrogen) atoms. The lowest BCUT2D eigenvalue weighted by Gasteiger charge is -2.29. The van der Waals surface area contributed by atoms with Crippen LogP contribution >= 0.6 is 0 Å². The minimum absolute atomic E-state index is 0.0178. The number of hydrogen-bond acceptors (Lipinski definition) is 12. The lowest BCUT2D eigenvalue weighted by Crippen LogP contribution is -2.47. The quantitative estimate of drug-likeness (QED) is 0.0587. The van der Waals surface area contributed by atoms with E-state index in [4.69, 9.17) is 24.7 Å². The van der Waals surface area contributed by atoms with Crippen LogP contribution in [0.25, 0.3) is 11.3 Å². The Bertz CT molecular complexity index is 2430. The van der Waals surface area contributed by atoms with Crippen LogP contribution in [0.2, 0.25) is 0 Å². The van der Waals surface area contributed by atoms with Crippen molar-refractivity contribution in [3.63, 3.8) is 0 Å². The lowest BCUT2D eigenvalue weighted by molar-refractivity contribution is -0.156. The average Bonchev–Trinajstić information content (AvgIpc) is 3.87. The van der Waals surface area contributed by atoms with Gasteiger partial charge in [-0.25, -0.2) is 0 Å². The third-order valence-electron chi connectivity index (χ3n) is 13.2. The molecule has 1 aliphatic carbocycles. The third kappa shape index (κ3) is 17.8. The van der Waals surface area contributed by atoms with E-state index in [1.165, 1.54) is 38.3 Å². The molecular weight excluding hydrogens is 927 g/mol. The topological polar surface area (TPSA) is 186 Å². The smallest absolute Gasteiger partial charge is 0.308 e. The summed E-state index contributed by atoms with van der Waals surface area (Å²) in [7, 11) is 3.49. The summed E-state index contributed by atoms with van der Waals surface area (Å²) in [5.41, 5.74) is 11.9. The van der Waals surface area contributed by atoms with E-state index < -0.39 is 17.4 Å². The minimum atomic E-state index is -0.573.